The fraction of sp³-hybridized carbons (Fsp3) is 0.217. The van der Waals surface area contributed by atoms with Crippen LogP contribution in [-0.2, 0) is 16.0 Å². The van der Waals surface area contributed by atoms with Crippen LogP contribution in [0.4, 0.5) is 5.69 Å². The molecule has 2 aromatic carbocycles. The second-order valence-electron chi connectivity index (χ2n) is 6.90. The van der Waals surface area contributed by atoms with Gasteiger partial charge in [-0.1, -0.05) is 42.1 Å². The van der Waals surface area contributed by atoms with Crippen molar-refractivity contribution in [1.82, 2.24) is 9.97 Å². The largest absolute Gasteiger partial charge is 0.465 e. The van der Waals surface area contributed by atoms with Crippen LogP contribution in [0.2, 0.25) is 0 Å². The molecule has 8 heteroatoms. The lowest BCUT2D eigenvalue weighted by atomic mass is 10.1. The van der Waals surface area contributed by atoms with Crippen molar-refractivity contribution >= 4 is 29.3 Å². The van der Waals surface area contributed by atoms with Crippen molar-refractivity contribution in [1.29, 1.82) is 0 Å². The molecule has 1 atom stereocenters. The van der Waals surface area contributed by atoms with Crippen LogP contribution in [0.5, 0.6) is 0 Å². The SMILES string of the molecule is COC(=O)c1ccc(NC(=O)Cc2c(C)nc(SC(C)c3ccccc3)[nH]c2=O)cc1. The number of amides is 1. The summed E-state index contributed by atoms with van der Waals surface area (Å²) in [6, 6.07) is 16.3. The zero-order valence-electron chi connectivity index (χ0n) is 17.5. The van der Waals surface area contributed by atoms with Crippen molar-refractivity contribution in [3.63, 3.8) is 0 Å². The van der Waals surface area contributed by atoms with Crippen LogP contribution in [0, 0.1) is 6.92 Å². The summed E-state index contributed by atoms with van der Waals surface area (Å²) >= 11 is 1.46. The maximum Gasteiger partial charge on any atom is 0.337 e. The van der Waals surface area contributed by atoms with E-state index in [0.29, 0.717) is 27.7 Å². The van der Waals surface area contributed by atoms with Gasteiger partial charge in [0.25, 0.3) is 5.56 Å². The van der Waals surface area contributed by atoms with E-state index in [1.54, 1.807) is 31.2 Å². The fourth-order valence-corrected chi connectivity index (χ4v) is 3.95. The Kier molecular flexibility index (Phi) is 7.25. The van der Waals surface area contributed by atoms with Crippen LogP contribution in [0.15, 0.2) is 64.5 Å². The van der Waals surface area contributed by atoms with E-state index in [0.717, 1.165) is 5.56 Å². The van der Waals surface area contributed by atoms with E-state index in [9.17, 15) is 14.4 Å². The molecule has 0 aliphatic carbocycles. The minimum Gasteiger partial charge on any atom is -0.465 e. The lowest BCUT2D eigenvalue weighted by Crippen LogP contribution is -2.23. The number of H-pyrrole nitrogens is 1. The van der Waals surface area contributed by atoms with Gasteiger partial charge in [0, 0.05) is 22.2 Å². The molecule has 0 aliphatic rings. The summed E-state index contributed by atoms with van der Waals surface area (Å²) in [6.07, 6.45) is -0.105. The number of carbonyl (C=O) groups excluding carboxylic acids is 2. The molecule has 0 saturated heterocycles. The van der Waals surface area contributed by atoms with Gasteiger partial charge >= 0.3 is 5.97 Å². The first kappa shape index (κ1) is 22.3. The number of hydrogen-bond acceptors (Lipinski definition) is 6. The number of rotatable bonds is 7. The predicted octanol–water partition coefficient (Wildman–Crippen LogP) is 3.90. The van der Waals surface area contributed by atoms with Crippen molar-refractivity contribution in [2.75, 3.05) is 12.4 Å². The molecule has 31 heavy (non-hydrogen) atoms. The summed E-state index contributed by atoms with van der Waals surface area (Å²) < 4.78 is 4.65. The van der Waals surface area contributed by atoms with Crippen molar-refractivity contribution in [2.24, 2.45) is 0 Å². The Labute approximate surface area is 184 Å². The summed E-state index contributed by atoms with van der Waals surface area (Å²) in [5.74, 6) is -0.801. The van der Waals surface area contributed by atoms with Crippen LogP contribution in [0.25, 0.3) is 0 Å². The lowest BCUT2D eigenvalue weighted by molar-refractivity contribution is -0.115. The minimum atomic E-state index is -0.453. The normalized spacial score (nSPS) is 11.6. The molecule has 2 N–H and O–H groups in total. The van der Waals surface area contributed by atoms with Gasteiger partial charge in [-0.15, -0.1) is 0 Å². The molecular weight excluding hydrogens is 414 g/mol. The number of ether oxygens (including phenoxy) is 1. The highest BCUT2D eigenvalue weighted by molar-refractivity contribution is 7.99. The van der Waals surface area contributed by atoms with Crippen LogP contribution >= 0.6 is 11.8 Å². The van der Waals surface area contributed by atoms with Crippen LogP contribution in [0.3, 0.4) is 0 Å². The monoisotopic (exact) mass is 437 g/mol. The smallest absolute Gasteiger partial charge is 0.337 e. The number of carbonyl (C=O) groups is 2. The molecule has 7 nitrogen and oxygen atoms in total. The molecule has 1 unspecified atom stereocenters. The van der Waals surface area contributed by atoms with Gasteiger partial charge in [-0.2, -0.15) is 0 Å². The molecular formula is C23H23N3O4S. The lowest BCUT2D eigenvalue weighted by Gasteiger charge is -2.12. The summed E-state index contributed by atoms with van der Waals surface area (Å²) in [7, 11) is 1.30. The molecule has 0 saturated carbocycles. The highest BCUT2D eigenvalue weighted by Crippen LogP contribution is 2.32. The number of benzene rings is 2. The quantitative estimate of drug-likeness (QED) is 0.330. The predicted molar refractivity (Wildman–Crippen MR) is 120 cm³/mol. The van der Waals surface area contributed by atoms with Crippen molar-refractivity contribution in [3.8, 4) is 0 Å². The third-order valence-corrected chi connectivity index (χ3v) is 5.73. The van der Waals surface area contributed by atoms with Gasteiger partial charge in [-0.05, 0) is 43.7 Å². The third-order valence-electron chi connectivity index (χ3n) is 4.69. The Hall–Kier alpha value is -3.39. The zero-order valence-corrected chi connectivity index (χ0v) is 18.3. The molecule has 0 spiro atoms. The van der Waals surface area contributed by atoms with Gasteiger partial charge in [0.2, 0.25) is 5.91 Å². The molecule has 3 rings (SSSR count). The number of aryl methyl sites for hydroxylation is 1. The van der Waals surface area contributed by atoms with Crippen LogP contribution < -0.4 is 10.9 Å². The maximum absolute atomic E-state index is 12.6. The van der Waals surface area contributed by atoms with Gasteiger partial charge < -0.3 is 15.0 Å². The Balaban J connectivity index is 1.67. The number of anilines is 1. The Bertz CT molecular complexity index is 1130. The second-order valence-corrected chi connectivity index (χ2v) is 8.23. The van der Waals surface area contributed by atoms with Gasteiger partial charge in [0.1, 0.15) is 0 Å². The number of hydrogen-bond donors (Lipinski definition) is 2. The van der Waals surface area contributed by atoms with E-state index in [-0.39, 0.29) is 23.1 Å². The highest BCUT2D eigenvalue weighted by Gasteiger charge is 2.15. The zero-order chi connectivity index (χ0) is 22.4. The number of aromatic nitrogens is 2. The van der Waals surface area contributed by atoms with E-state index in [1.807, 2.05) is 37.3 Å². The first-order valence-electron chi connectivity index (χ1n) is 9.67. The first-order chi connectivity index (χ1) is 14.9. The van der Waals surface area contributed by atoms with Crippen LogP contribution in [0.1, 0.15) is 39.4 Å². The molecule has 0 fully saturated rings. The minimum absolute atomic E-state index is 0.105. The number of nitrogens with one attached hydrogen (secondary N) is 2. The van der Waals surface area contributed by atoms with E-state index in [4.69, 9.17) is 0 Å². The van der Waals surface area contributed by atoms with E-state index in [1.165, 1.54) is 18.9 Å². The van der Waals surface area contributed by atoms with Crippen molar-refractivity contribution in [2.45, 2.75) is 30.7 Å². The topological polar surface area (TPSA) is 101 Å². The molecule has 3 aromatic rings. The van der Waals surface area contributed by atoms with Crippen LogP contribution in [-0.4, -0.2) is 29.0 Å². The molecule has 0 bridgehead atoms. The molecule has 0 aliphatic heterocycles. The van der Waals surface area contributed by atoms with E-state index < -0.39 is 5.97 Å². The summed E-state index contributed by atoms with van der Waals surface area (Å²) in [5.41, 5.74) is 2.54. The fourth-order valence-electron chi connectivity index (χ4n) is 2.98. The summed E-state index contributed by atoms with van der Waals surface area (Å²) in [6.45, 7) is 3.77. The molecule has 0 radical (unpaired) electrons. The number of nitrogens with zero attached hydrogens (tertiary/aromatic N) is 1. The summed E-state index contributed by atoms with van der Waals surface area (Å²) in [5, 5.41) is 3.35. The third kappa shape index (κ3) is 5.82. The van der Waals surface area contributed by atoms with E-state index >= 15 is 0 Å². The van der Waals surface area contributed by atoms with Gasteiger partial charge in [0.05, 0.1) is 19.1 Å². The molecule has 1 heterocycles. The standard InChI is InChI=1S/C23H23N3O4S/c1-14-19(13-20(27)25-18-11-9-17(10-12-18)22(29)30-3)21(28)26-23(24-14)31-15(2)16-7-5-4-6-8-16/h4-12,15H,13H2,1-3H3,(H,25,27)(H,24,26,28). The average Bonchev–Trinajstić information content (AvgIpc) is 2.77. The first-order valence-corrected chi connectivity index (χ1v) is 10.5. The number of thioether (sulfide) groups is 1. The molecule has 160 valence electrons. The highest BCUT2D eigenvalue weighted by atomic mass is 32.2. The number of methoxy groups -OCH3 is 1. The Morgan fingerprint density at radius 3 is 2.42 bits per heavy atom. The van der Waals surface area contributed by atoms with Crippen molar-refractivity contribution < 1.29 is 14.3 Å². The summed E-state index contributed by atoms with van der Waals surface area (Å²) in [4.78, 5) is 43.7. The molecule has 1 amide bonds. The average molecular weight is 438 g/mol. The van der Waals surface area contributed by atoms with Crippen molar-refractivity contribution in [3.05, 3.63) is 87.3 Å². The Morgan fingerprint density at radius 1 is 1.13 bits per heavy atom. The Morgan fingerprint density at radius 2 is 1.81 bits per heavy atom. The number of esters is 1. The van der Waals surface area contributed by atoms with Gasteiger partial charge in [0.15, 0.2) is 5.16 Å². The van der Waals surface area contributed by atoms with E-state index in [2.05, 4.69) is 20.0 Å². The van der Waals surface area contributed by atoms with Gasteiger partial charge in [-0.3, -0.25) is 9.59 Å². The second kappa shape index (κ2) is 10.1. The van der Waals surface area contributed by atoms with Gasteiger partial charge in [-0.25, -0.2) is 9.78 Å². The maximum atomic E-state index is 12.6. The number of aromatic amines is 1. The molecule has 1 aromatic heterocycles.